The molecule has 1 saturated heterocycles. The summed E-state index contributed by atoms with van der Waals surface area (Å²) in [6.45, 7) is 14.4. The summed E-state index contributed by atoms with van der Waals surface area (Å²) in [5.74, 6) is 1.55. The lowest BCUT2D eigenvalue weighted by molar-refractivity contribution is 0.323. The van der Waals surface area contributed by atoms with Gasteiger partial charge in [-0.05, 0) is 51.2 Å². The number of hydrogen-bond donors (Lipinski definition) is 1. The van der Waals surface area contributed by atoms with Crippen molar-refractivity contribution in [1.29, 1.82) is 0 Å². The topological polar surface area (TPSA) is 15.3 Å². The second-order valence-electron chi connectivity index (χ2n) is 7.53. The minimum absolute atomic E-state index is 0.0974. The zero-order chi connectivity index (χ0) is 15.6. The molecule has 0 amide bonds. The third-order valence-corrected chi connectivity index (χ3v) is 4.92. The summed E-state index contributed by atoms with van der Waals surface area (Å²) in [5, 5.41) is 4.44. The van der Waals surface area contributed by atoms with E-state index in [2.05, 4.69) is 57.0 Å². The molecule has 0 aromatic heterocycles. The number of benzene rings is 1. The SMILES string of the molecule is CC1CCN(c2cccc(Cl)c2CNC(C)(C)C)CC1C. The Morgan fingerprint density at radius 3 is 2.57 bits per heavy atom. The maximum Gasteiger partial charge on any atom is 0.0471 e. The summed E-state index contributed by atoms with van der Waals surface area (Å²) in [6.07, 6.45) is 1.26. The van der Waals surface area contributed by atoms with Gasteiger partial charge in [0.05, 0.1) is 0 Å². The number of piperidine rings is 1. The molecule has 1 N–H and O–H groups in total. The van der Waals surface area contributed by atoms with Gasteiger partial charge >= 0.3 is 0 Å². The average Bonchev–Trinajstić information content (AvgIpc) is 2.39. The molecule has 2 rings (SSSR count). The van der Waals surface area contributed by atoms with Crippen LogP contribution in [0.1, 0.15) is 46.6 Å². The molecule has 2 unspecified atom stereocenters. The Morgan fingerprint density at radius 2 is 1.95 bits per heavy atom. The van der Waals surface area contributed by atoms with Crippen LogP contribution in [0.4, 0.5) is 5.69 Å². The van der Waals surface area contributed by atoms with Gasteiger partial charge in [-0.3, -0.25) is 0 Å². The van der Waals surface area contributed by atoms with Crippen LogP contribution in [0.2, 0.25) is 5.02 Å². The summed E-state index contributed by atoms with van der Waals surface area (Å²) >= 11 is 6.48. The maximum atomic E-state index is 6.48. The van der Waals surface area contributed by atoms with Crippen molar-refractivity contribution in [3.63, 3.8) is 0 Å². The third-order valence-electron chi connectivity index (χ3n) is 4.56. The summed E-state index contributed by atoms with van der Waals surface area (Å²) in [4.78, 5) is 2.51. The molecule has 1 aromatic rings. The number of hydrogen-bond acceptors (Lipinski definition) is 2. The van der Waals surface area contributed by atoms with E-state index < -0.39 is 0 Å². The standard InChI is InChI=1S/C18H29ClN2/c1-13-9-10-21(12-14(13)2)17-8-6-7-16(19)15(17)11-20-18(3,4)5/h6-8,13-14,20H,9-12H2,1-5H3. The van der Waals surface area contributed by atoms with Gasteiger partial charge in [-0.2, -0.15) is 0 Å². The predicted molar refractivity (Wildman–Crippen MR) is 93.2 cm³/mol. The van der Waals surface area contributed by atoms with E-state index in [0.29, 0.717) is 0 Å². The van der Waals surface area contributed by atoms with E-state index in [1.54, 1.807) is 0 Å². The molecule has 2 atom stereocenters. The number of nitrogens with zero attached hydrogens (tertiary/aromatic N) is 1. The van der Waals surface area contributed by atoms with Crippen LogP contribution in [0, 0.1) is 11.8 Å². The first-order valence-corrected chi connectivity index (χ1v) is 8.43. The summed E-state index contributed by atoms with van der Waals surface area (Å²) < 4.78 is 0. The molecule has 1 aliphatic heterocycles. The molecule has 1 fully saturated rings. The molecule has 0 radical (unpaired) electrons. The largest absolute Gasteiger partial charge is 0.371 e. The van der Waals surface area contributed by atoms with Crippen molar-refractivity contribution in [2.75, 3.05) is 18.0 Å². The van der Waals surface area contributed by atoms with Crippen molar-refractivity contribution in [2.24, 2.45) is 11.8 Å². The predicted octanol–water partition coefficient (Wildman–Crippen LogP) is 4.71. The number of anilines is 1. The molecule has 0 bridgehead atoms. The molecule has 118 valence electrons. The Morgan fingerprint density at radius 1 is 1.24 bits per heavy atom. The van der Waals surface area contributed by atoms with Gasteiger partial charge in [0, 0.05) is 41.4 Å². The van der Waals surface area contributed by atoms with Crippen molar-refractivity contribution < 1.29 is 0 Å². The second-order valence-corrected chi connectivity index (χ2v) is 7.94. The van der Waals surface area contributed by atoms with Gasteiger partial charge in [-0.25, -0.2) is 0 Å². The van der Waals surface area contributed by atoms with Crippen LogP contribution in [-0.4, -0.2) is 18.6 Å². The zero-order valence-corrected chi connectivity index (χ0v) is 14.8. The monoisotopic (exact) mass is 308 g/mol. The lowest BCUT2D eigenvalue weighted by Gasteiger charge is -2.38. The summed E-state index contributed by atoms with van der Waals surface area (Å²) in [6, 6.07) is 6.29. The van der Waals surface area contributed by atoms with E-state index in [0.717, 1.165) is 36.5 Å². The van der Waals surface area contributed by atoms with Crippen molar-refractivity contribution >= 4 is 17.3 Å². The molecule has 0 spiro atoms. The molecule has 0 aliphatic carbocycles. The van der Waals surface area contributed by atoms with E-state index >= 15 is 0 Å². The summed E-state index contributed by atoms with van der Waals surface area (Å²) in [7, 11) is 0. The van der Waals surface area contributed by atoms with Gasteiger partial charge < -0.3 is 10.2 Å². The Kier molecular flexibility index (Phi) is 5.21. The quantitative estimate of drug-likeness (QED) is 0.870. The Hall–Kier alpha value is -0.730. The molecular weight excluding hydrogens is 280 g/mol. The molecule has 0 saturated carbocycles. The maximum absolute atomic E-state index is 6.48. The molecule has 1 aliphatic rings. The Labute approximate surface area is 134 Å². The van der Waals surface area contributed by atoms with Crippen LogP contribution in [0.25, 0.3) is 0 Å². The average molecular weight is 309 g/mol. The van der Waals surface area contributed by atoms with Gasteiger partial charge in [0.2, 0.25) is 0 Å². The highest BCUT2D eigenvalue weighted by atomic mass is 35.5. The van der Waals surface area contributed by atoms with Crippen LogP contribution < -0.4 is 10.2 Å². The van der Waals surface area contributed by atoms with E-state index in [9.17, 15) is 0 Å². The molecule has 3 heteroatoms. The third kappa shape index (κ3) is 4.37. The fourth-order valence-electron chi connectivity index (χ4n) is 2.85. The normalized spacial score (nSPS) is 23.4. The Balaban J connectivity index is 2.21. The molecular formula is C18H29ClN2. The number of halogens is 1. The van der Waals surface area contributed by atoms with Crippen LogP contribution in [0.15, 0.2) is 18.2 Å². The number of rotatable bonds is 3. The van der Waals surface area contributed by atoms with E-state index in [4.69, 9.17) is 11.6 Å². The van der Waals surface area contributed by atoms with Crippen molar-refractivity contribution in [3.8, 4) is 0 Å². The second kappa shape index (κ2) is 6.58. The Bertz CT molecular complexity index is 479. The first kappa shape index (κ1) is 16.6. The number of nitrogens with one attached hydrogen (secondary N) is 1. The van der Waals surface area contributed by atoms with Crippen molar-refractivity contribution in [2.45, 2.75) is 53.1 Å². The minimum Gasteiger partial charge on any atom is -0.371 e. The van der Waals surface area contributed by atoms with E-state index in [-0.39, 0.29) is 5.54 Å². The first-order chi connectivity index (χ1) is 9.78. The highest BCUT2D eigenvalue weighted by molar-refractivity contribution is 6.31. The van der Waals surface area contributed by atoms with Gasteiger partial charge in [0.15, 0.2) is 0 Å². The zero-order valence-electron chi connectivity index (χ0n) is 14.0. The van der Waals surface area contributed by atoms with Gasteiger partial charge in [-0.1, -0.05) is 31.5 Å². The van der Waals surface area contributed by atoms with Crippen molar-refractivity contribution in [1.82, 2.24) is 5.32 Å². The lowest BCUT2D eigenvalue weighted by atomic mass is 9.88. The minimum atomic E-state index is 0.0974. The van der Waals surface area contributed by atoms with E-state index in [1.165, 1.54) is 17.7 Å². The summed E-state index contributed by atoms with van der Waals surface area (Å²) in [5.41, 5.74) is 2.63. The fourth-order valence-corrected chi connectivity index (χ4v) is 3.09. The molecule has 2 nitrogen and oxygen atoms in total. The molecule has 1 aromatic carbocycles. The van der Waals surface area contributed by atoms with Crippen LogP contribution in [0.3, 0.4) is 0 Å². The first-order valence-electron chi connectivity index (χ1n) is 8.05. The van der Waals surface area contributed by atoms with Crippen LogP contribution >= 0.6 is 11.6 Å². The smallest absolute Gasteiger partial charge is 0.0471 e. The highest BCUT2D eigenvalue weighted by Gasteiger charge is 2.25. The lowest BCUT2D eigenvalue weighted by Crippen LogP contribution is -2.40. The van der Waals surface area contributed by atoms with Crippen molar-refractivity contribution in [3.05, 3.63) is 28.8 Å². The van der Waals surface area contributed by atoms with E-state index in [1.807, 2.05) is 6.07 Å². The highest BCUT2D eigenvalue weighted by Crippen LogP contribution is 2.32. The van der Waals surface area contributed by atoms with Crippen LogP contribution in [0.5, 0.6) is 0 Å². The van der Waals surface area contributed by atoms with Gasteiger partial charge in [0.25, 0.3) is 0 Å². The fraction of sp³-hybridized carbons (Fsp3) is 0.667. The van der Waals surface area contributed by atoms with Gasteiger partial charge in [-0.15, -0.1) is 0 Å². The molecule has 21 heavy (non-hydrogen) atoms. The van der Waals surface area contributed by atoms with Gasteiger partial charge in [0.1, 0.15) is 0 Å². The molecule has 1 heterocycles. The van der Waals surface area contributed by atoms with Crippen LogP contribution in [-0.2, 0) is 6.54 Å².